The van der Waals surface area contributed by atoms with Gasteiger partial charge in [0.15, 0.2) is 0 Å². The third-order valence-electron chi connectivity index (χ3n) is 3.09. The first kappa shape index (κ1) is 13.8. The zero-order chi connectivity index (χ0) is 14.0. The van der Waals surface area contributed by atoms with Crippen molar-refractivity contribution in [3.63, 3.8) is 0 Å². The summed E-state index contributed by atoms with van der Waals surface area (Å²) < 4.78 is 18.6. The fraction of sp³-hybridized carbons (Fsp3) is 0.200. The average molecular weight is 280 g/mol. The van der Waals surface area contributed by atoms with Crippen LogP contribution in [0.3, 0.4) is 0 Å². The fourth-order valence-corrected chi connectivity index (χ4v) is 2.14. The maximum atomic E-state index is 13.6. The number of hydrogen-bond donors (Lipinski definition) is 1. The Bertz CT molecular complexity index is 601. The van der Waals surface area contributed by atoms with E-state index in [0.717, 1.165) is 5.56 Å². The molecule has 0 saturated heterocycles. The minimum absolute atomic E-state index is 0.257. The largest absolute Gasteiger partial charge is 0.495 e. The van der Waals surface area contributed by atoms with Crippen molar-refractivity contribution >= 4 is 11.6 Å². The summed E-state index contributed by atoms with van der Waals surface area (Å²) >= 11 is 6.06. The highest BCUT2D eigenvalue weighted by Crippen LogP contribution is 2.29. The summed E-state index contributed by atoms with van der Waals surface area (Å²) in [6, 6.07) is 9.89. The summed E-state index contributed by atoms with van der Waals surface area (Å²) in [6.07, 6.45) is 0. The maximum absolute atomic E-state index is 13.6. The molecule has 0 aliphatic carbocycles. The molecule has 0 radical (unpaired) electrons. The van der Waals surface area contributed by atoms with Crippen molar-refractivity contribution in [3.05, 3.63) is 63.9 Å². The van der Waals surface area contributed by atoms with Crippen molar-refractivity contribution in [2.45, 2.75) is 13.0 Å². The van der Waals surface area contributed by atoms with Crippen LogP contribution in [0.1, 0.15) is 22.7 Å². The van der Waals surface area contributed by atoms with Crippen molar-refractivity contribution in [1.29, 1.82) is 0 Å². The molecule has 0 amide bonds. The molecule has 0 spiro atoms. The van der Waals surface area contributed by atoms with Crippen molar-refractivity contribution < 1.29 is 9.13 Å². The monoisotopic (exact) mass is 279 g/mol. The van der Waals surface area contributed by atoms with Crippen molar-refractivity contribution in [3.8, 4) is 5.75 Å². The molecular formula is C15H15ClFNO. The summed E-state index contributed by atoms with van der Waals surface area (Å²) in [5.41, 5.74) is 8.26. The van der Waals surface area contributed by atoms with Crippen molar-refractivity contribution in [2.75, 3.05) is 7.11 Å². The predicted octanol–water partition coefficient (Wildman–Crippen LogP) is 3.84. The van der Waals surface area contributed by atoms with Gasteiger partial charge in [-0.05, 0) is 41.8 Å². The van der Waals surface area contributed by atoms with Crippen molar-refractivity contribution in [2.24, 2.45) is 5.73 Å². The van der Waals surface area contributed by atoms with Gasteiger partial charge in [0.25, 0.3) is 0 Å². The van der Waals surface area contributed by atoms with Gasteiger partial charge < -0.3 is 10.5 Å². The maximum Gasteiger partial charge on any atom is 0.137 e. The van der Waals surface area contributed by atoms with Gasteiger partial charge in [0.05, 0.1) is 18.2 Å². The Balaban J connectivity index is 2.35. The average Bonchev–Trinajstić information content (AvgIpc) is 2.41. The Morgan fingerprint density at radius 1 is 1.16 bits per heavy atom. The van der Waals surface area contributed by atoms with E-state index < -0.39 is 6.04 Å². The number of benzene rings is 2. The zero-order valence-corrected chi connectivity index (χ0v) is 11.5. The molecule has 0 aliphatic heterocycles. The van der Waals surface area contributed by atoms with E-state index in [2.05, 4.69) is 0 Å². The van der Waals surface area contributed by atoms with E-state index >= 15 is 0 Å². The molecule has 0 heterocycles. The van der Waals surface area contributed by atoms with E-state index in [1.165, 1.54) is 6.07 Å². The lowest BCUT2D eigenvalue weighted by Crippen LogP contribution is -2.12. The fourth-order valence-electron chi connectivity index (χ4n) is 1.87. The zero-order valence-electron chi connectivity index (χ0n) is 10.8. The van der Waals surface area contributed by atoms with Crippen LogP contribution in [-0.2, 0) is 0 Å². The molecule has 0 saturated carbocycles. The van der Waals surface area contributed by atoms with E-state index in [4.69, 9.17) is 22.1 Å². The van der Waals surface area contributed by atoms with Gasteiger partial charge in [0.1, 0.15) is 11.6 Å². The van der Waals surface area contributed by atoms with Gasteiger partial charge >= 0.3 is 0 Å². The van der Waals surface area contributed by atoms with Gasteiger partial charge in [0.2, 0.25) is 0 Å². The number of halogens is 2. The first-order chi connectivity index (χ1) is 9.02. The Morgan fingerprint density at radius 2 is 1.79 bits per heavy atom. The highest BCUT2D eigenvalue weighted by Gasteiger charge is 2.12. The Morgan fingerprint density at radius 3 is 2.37 bits per heavy atom. The van der Waals surface area contributed by atoms with Crippen LogP contribution in [0, 0.1) is 12.7 Å². The number of rotatable bonds is 3. The van der Waals surface area contributed by atoms with Crippen molar-refractivity contribution in [1.82, 2.24) is 0 Å². The first-order valence-electron chi connectivity index (χ1n) is 5.88. The molecule has 4 heteroatoms. The molecular weight excluding hydrogens is 265 g/mol. The SMILES string of the molecule is COc1ccc(C(N)c2ccc(C)c(F)c2)cc1Cl. The predicted molar refractivity (Wildman–Crippen MR) is 75.2 cm³/mol. The summed E-state index contributed by atoms with van der Waals surface area (Å²) in [7, 11) is 1.55. The van der Waals surface area contributed by atoms with Gasteiger partial charge in [-0.1, -0.05) is 29.8 Å². The number of hydrogen-bond acceptors (Lipinski definition) is 2. The van der Waals surface area contributed by atoms with Gasteiger partial charge in [-0.15, -0.1) is 0 Å². The molecule has 0 fully saturated rings. The van der Waals surface area contributed by atoms with Crippen LogP contribution in [-0.4, -0.2) is 7.11 Å². The topological polar surface area (TPSA) is 35.2 Å². The molecule has 2 aromatic rings. The van der Waals surface area contributed by atoms with Crippen LogP contribution < -0.4 is 10.5 Å². The summed E-state index contributed by atoms with van der Waals surface area (Å²) in [4.78, 5) is 0. The lowest BCUT2D eigenvalue weighted by Gasteiger charge is -2.14. The number of methoxy groups -OCH3 is 1. The number of nitrogens with two attached hydrogens (primary N) is 1. The second-order valence-corrected chi connectivity index (χ2v) is 4.79. The molecule has 1 unspecified atom stereocenters. The summed E-state index contributed by atoms with van der Waals surface area (Å²) in [5.74, 6) is 0.334. The van der Waals surface area contributed by atoms with E-state index in [1.54, 1.807) is 32.2 Å². The van der Waals surface area contributed by atoms with E-state index in [-0.39, 0.29) is 5.82 Å². The molecule has 2 N–H and O–H groups in total. The highest BCUT2D eigenvalue weighted by atomic mass is 35.5. The van der Waals surface area contributed by atoms with E-state index in [9.17, 15) is 4.39 Å². The Labute approximate surface area is 117 Å². The van der Waals surface area contributed by atoms with Crippen LogP contribution in [0.15, 0.2) is 36.4 Å². The smallest absolute Gasteiger partial charge is 0.137 e. The van der Waals surface area contributed by atoms with Crippen LogP contribution in [0.25, 0.3) is 0 Å². The molecule has 0 bridgehead atoms. The molecule has 19 heavy (non-hydrogen) atoms. The lowest BCUT2D eigenvalue weighted by atomic mass is 9.98. The van der Waals surface area contributed by atoms with Gasteiger partial charge in [-0.25, -0.2) is 4.39 Å². The minimum Gasteiger partial charge on any atom is -0.495 e. The summed E-state index contributed by atoms with van der Waals surface area (Å²) in [5, 5.41) is 0.489. The molecule has 2 aromatic carbocycles. The number of aryl methyl sites for hydroxylation is 1. The third-order valence-corrected chi connectivity index (χ3v) is 3.39. The van der Waals surface area contributed by atoms with Gasteiger partial charge in [0, 0.05) is 0 Å². The van der Waals surface area contributed by atoms with Crippen LogP contribution in [0.4, 0.5) is 4.39 Å². The molecule has 0 aromatic heterocycles. The summed E-state index contributed by atoms with van der Waals surface area (Å²) in [6.45, 7) is 1.72. The van der Waals surface area contributed by atoms with E-state index in [1.807, 2.05) is 12.1 Å². The lowest BCUT2D eigenvalue weighted by molar-refractivity contribution is 0.415. The highest BCUT2D eigenvalue weighted by molar-refractivity contribution is 6.32. The molecule has 2 nitrogen and oxygen atoms in total. The standard InChI is InChI=1S/C15H15ClFNO/c1-9-3-4-11(8-13(9)17)15(18)10-5-6-14(19-2)12(16)7-10/h3-8,15H,18H2,1-2H3. The second kappa shape index (κ2) is 5.59. The molecule has 0 aliphatic rings. The second-order valence-electron chi connectivity index (χ2n) is 4.38. The van der Waals surface area contributed by atoms with Gasteiger partial charge in [-0.3, -0.25) is 0 Å². The molecule has 2 rings (SSSR count). The Kier molecular flexibility index (Phi) is 4.08. The molecule has 1 atom stereocenters. The first-order valence-corrected chi connectivity index (χ1v) is 6.26. The van der Waals surface area contributed by atoms with Crippen LogP contribution in [0.2, 0.25) is 5.02 Å². The van der Waals surface area contributed by atoms with E-state index in [0.29, 0.717) is 21.9 Å². The van der Waals surface area contributed by atoms with Gasteiger partial charge in [-0.2, -0.15) is 0 Å². The number of ether oxygens (including phenoxy) is 1. The minimum atomic E-state index is -0.418. The quantitative estimate of drug-likeness (QED) is 0.926. The Hall–Kier alpha value is -1.58. The van der Waals surface area contributed by atoms with Crippen LogP contribution >= 0.6 is 11.6 Å². The van der Waals surface area contributed by atoms with Crippen LogP contribution in [0.5, 0.6) is 5.75 Å². The third kappa shape index (κ3) is 2.88. The molecule has 100 valence electrons. The normalized spacial score (nSPS) is 12.3.